The highest BCUT2D eigenvalue weighted by Crippen LogP contribution is 2.04. The molecule has 4 heteroatoms. The Labute approximate surface area is 80.0 Å². The van der Waals surface area contributed by atoms with Crippen LogP contribution in [0, 0.1) is 0 Å². The van der Waals surface area contributed by atoms with Crippen LogP contribution in [0.3, 0.4) is 0 Å². The van der Waals surface area contributed by atoms with Crippen LogP contribution in [-0.4, -0.2) is 9.13 Å². The van der Waals surface area contributed by atoms with Gasteiger partial charge < -0.3 is 0 Å². The van der Waals surface area contributed by atoms with Crippen molar-refractivity contribution in [1.29, 1.82) is 0 Å². The highest BCUT2D eigenvalue weighted by molar-refractivity contribution is 5.77. The molecule has 72 valence electrons. The van der Waals surface area contributed by atoms with E-state index in [2.05, 4.69) is 0 Å². The average Bonchev–Trinajstić information content (AvgIpc) is 2.23. The molecule has 14 heavy (non-hydrogen) atoms. The predicted molar refractivity (Wildman–Crippen MR) is 54.4 cm³/mol. The molecule has 1 heterocycles. The van der Waals surface area contributed by atoms with Crippen molar-refractivity contribution in [1.82, 2.24) is 9.13 Å². The molecule has 0 N–H and O–H groups in total. The van der Waals surface area contributed by atoms with Crippen LogP contribution in [0.25, 0.3) is 10.9 Å². The fourth-order valence-corrected chi connectivity index (χ4v) is 1.54. The lowest BCUT2D eigenvalue weighted by Crippen LogP contribution is -2.36. The van der Waals surface area contributed by atoms with Crippen molar-refractivity contribution in [3.8, 4) is 0 Å². The summed E-state index contributed by atoms with van der Waals surface area (Å²) in [4.78, 5) is 23.2. The Morgan fingerprint density at radius 2 is 1.64 bits per heavy atom. The second kappa shape index (κ2) is 2.83. The summed E-state index contributed by atoms with van der Waals surface area (Å²) in [5.41, 5.74) is 0.123. The van der Waals surface area contributed by atoms with Crippen molar-refractivity contribution in [2.45, 2.75) is 0 Å². The van der Waals surface area contributed by atoms with Crippen LogP contribution in [0.4, 0.5) is 0 Å². The molecule has 4 nitrogen and oxygen atoms in total. The van der Waals surface area contributed by atoms with E-state index in [1.54, 1.807) is 31.3 Å². The molecule has 0 unspecified atom stereocenters. The van der Waals surface area contributed by atoms with Gasteiger partial charge in [-0.05, 0) is 12.1 Å². The van der Waals surface area contributed by atoms with E-state index in [0.717, 1.165) is 4.57 Å². The van der Waals surface area contributed by atoms with Gasteiger partial charge in [-0.15, -0.1) is 0 Å². The molecular formula is C10H10N2O2. The maximum Gasteiger partial charge on any atom is 0.330 e. The minimum Gasteiger partial charge on any atom is -0.296 e. The predicted octanol–water partition coefficient (Wildman–Crippen LogP) is 0.237. The summed E-state index contributed by atoms with van der Waals surface area (Å²) in [7, 11) is 3.14. The molecule has 0 bridgehead atoms. The Hall–Kier alpha value is -1.84. The first-order valence-corrected chi connectivity index (χ1v) is 4.27. The van der Waals surface area contributed by atoms with E-state index in [4.69, 9.17) is 0 Å². The number of hydrogen-bond donors (Lipinski definition) is 0. The van der Waals surface area contributed by atoms with Gasteiger partial charge in [-0.1, -0.05) is 12.1 Å². The minimum atomic E-state index is -0.297. The third-order valence-corrected chi connectivity index (χ3v) is 2.37. The number of rotatable bonds is 0. The van der Waals surface area contributed by atoms with Gasteiger partial charge in [-0.3, -0.25) is 13.9 Å². The molecule has 0 aliphatic rings. The molecule has 1 aromatic heterocycles. The highest BCUT2D eigenvalue weighted by atomic mass is 16.2. The number of aromatic nitrogens is 2. The molecular weight excluding hydrogens is 180 g/mol. The third-order valence-electron chi connectivity index (χ3n) is 2.37. The first-order valence-electron chi connectivity index (χ1n) is 4.27. The molecule has 0 atom stereocenters. The van der Waals surface area contributed by atoms with Gasteiger partial charge in [0.25, 0.3) is 5.56 Å². The van der Waals surface area contributed by atoms with Crippen molar-refractivity contribution in [2.75, 3.05) is 0 Å². The average molecular weight is 190 g/mol. The molecule has 0 saturated heterocycles. The Morgan fingerprint density at radius 3 is 2.36 bits per heavy atom. The van der Waals surface area contributed by atoms with Crippen LogP contribution in [0.1, 0.15) is 0 Å². The Bertz CT molecular complexity index is 608. The van der Waals surface area contributed by atoms with E-state index in [0.29, 0.717) is 10.9 Å². The number of aryl methyl sites for hydroxylation is 1. The van der Waals surface area contributed by atoms with E-state index in [9.17, 15) is 9.59 Å². The summed E-state index contributed by atoms with van der Waals surface area (Å²) >= 11 is 0. The number of benzene rings is 1. The highest BCUT2D eigenvalue weighted by Gasteiger charge is 2.05. The van der Waals surface area contributed by atoms with Gasteiger partial charge in [0.05, 0.1) is 10.9 Å². The molecule has 0 aliphatic carbocycles. The number of nitrogens with zero attached hydrogens (tertiary/aromatic N) is 2. The quantitative estimate of drug-likeness (QED) is 0.597. The molecule has 0 aliphatic heterocycles. The second-order valence-electron chi connectivity index (χ2n) is 3.22. The van der Waals surface area contributed by atoms with Crippen LogP contribution < -0.4 is 11.2 Å². The van der Waals surface area contributed by atoms with E-state index in [1.165, 1.54) is 11.6 Å². The normalized spacial score (nSPS) is 10.7. The number of fused-ring (bicyclic) bond motifs is 1. The fraction of sp³-hybridized carbons (Fsp3) is 0.200. The first kappa shape index (κ1) is 8.74. The Balaban J connectivity index is 3.19. The molecule has 2 aromatic rings. The lowest BCUT2D eigenvalue weighted by atomic mass is 10.2. The van der Waals surface area contributed by atoms with Crippen LogP contribution in [0.5, 0.6) is 0 Å². The smallest absolute Gasteiger partial charge is 0.296 e. The maximum atomic E-state index is 11.7. The zero-order chi connectivity index (χ0) is 10.3. The lowest BCUT2D eigenvalue weighted by molar-refractivity contribution is 0.713. The van der Waals surface area contributed by atoms with Gasteiger partial charge >= 0.3 is 5.69 Å². The van der Waals surface area contributed by atoms with E-state index in [1.807, 2.05) is 0 Å². The molecule has 0 spiro atoms. The largest absolute Gasteiger partial charge is 0.330 e. The van der Waals surface area contributed by atoms with Crippen molar-refractivity contribution in [2.24, 2.45) is 14.1 Å². The van der Waals surface area contributed by atoms with Crippen molar-refractivity contribution in [3.05, 3.63) is 45.1 Å². The summed E-state index contributed by atoms with van der Waals surface area (Å²) in [5, 5.41) is 0.567. The Morgan fingerprint density at radius 1 is 1.00 bits per heavy atom. The third kappa shape index (κ3) is 1.00. The zero-order valence-electron chi connectivity index (χ0n) is 8.02. The summed E-state index contributed by atoms with van der Waals surface area (Å²) in [6, 6.07) is 7.07. The van der Waals surface area contributed by atoms with Crippen molar-refractivity contribution >= 4 is 10.9 Å². The van der Waals surface area contributed by atoms with Crippen LogP contribution in [-0.2, 0) is 14.1 Å². The van der Waals surface area contributed by atoms with Gasteiger partial charge in [-0.2, -0.15) is 0 Å². The first-order chi connectivity index (χ1) is 6.63. The molecule has 0 saturated carbocycles. The van der Waals surface area contributed by atoms with Gasteiger partial charge in [0.1, 0.15) is 0 Å². The fourth-order valence-electron chi connectivity index (χ4n) is 1.54. The summed E-state index contributed by atoms with van der Waals surface area (Å²) < 4.78 is 2.58. The van der Waals surface area contributed by atoms with Gasteiger partial charge in [0.2, 0.25) is 0 Å². The monoisotopic (exact) mass is 190 g/mol. The van der Waals surface area contributed by atoms with E-state index >= 15 is 0 Å². The van der Waals surface area contributed by atoms with Crippen LogP contribution in [0.2, 0.25) is 0 Å². The number of hydrogen-bond acceptors (Lipinski definition) is 2. The molecule has 0 fully saturated rings. The standard InChI is InChI=1S/C10H10N2O2/c1-11-8-6-4-3-5-7(8)9(13)12(2)10(11)14/h3-6H,1-2H3. The van der Waals surface area contributed by atoms with Crippen molar-refractivity contribution in [3.63, 3.8) is 0 Å². The lowest BCUT2D eigenvalue weighted by Gasteiger charge is -2.05. The van der Waals surface area contributed by atoms with Crippen LogP contribution >= 0.6 is 0 Å². The summed E-state index contributed by atoms with van der Waals surface area (Å²) in [5.74, 6) is 0. The Kier molecular flexibility index (Phi) is 1.77. The van der Waals surface area contributed by atoms with E-state index in [-0.39, 0.29) is 11.2 Å². The molecule has 2 rings (SSSR count). The van der Waals surface area contributed by atoms with Gasteiger partial charge in [0, 0.05) is 14.1 Å². The SMILES string of the molecule is Cn1c(=O)c2ccccc2n(C)c1=O. The van der Waals surface area contributed by atoms with Crippen LogP contribution in [0.15, 0.2) is 33.9 Å². The summed E-state index contributed by atoms with van der Waals surface area (Å²) in [6.45, 7) is 0. The van der Waals surface area contributed by atoms with Gasteiger partial charge in [-0.25, -0.2) is 4.79 Å². The maximum absolute atomic E-state index is 11.7. The zero-order valence-corrected chi connectivity index (χ0v) is 8.02. The van der Waals surface area contributed by atoms with Crippen molar-refractivity contribution < 1.29 is 0 Å². The molecule has 1 aromatic carbocycles. The van der Waals surface area contributed by atoms with E-state index < -0.39 is 0 Å². The topological polar surface area (TPSA) is 44.0 Å². The molecule has 0 amide bonds. The number of para-hydroxylation sites is 1. The van der Waals surface area contributed by atoms with Gasteiger partial charge in [0.15, 0.2) is 0 Å². The second-order valence-corrected chi connectivity index (χ2v) is 3.22. The summed E-state index contributed by atoms with van der Waals surface area (Å²) in [6.07, 6.45) is 0. The minimum absolute atomic E-state index is 0.247. The molecule has 0 radical (unpaired) electrons.